The maximum Gasteiger partial charge on any atom is 0.426 e. The fourth-order valence-electron chi connectivity index (χ4n) is 6.26. The Labute approximate surface area is 217 Å². The summed E-state index contributed by atoms with van der Waals surface area (Å²) < 4.78 is 83.1. The summed E-state index contributed by atoms with van der Waals surface area (Å²) in [5.74, 6) is -0.941. The van der Waals surface area contributed by atoms with E-state index in [1.54, 1.807) is 24.3 Å². The van der Waals surface area contributed by atoms with Gasteiger partial charge < -0.3 is 0 Å². The van der Waals surface area contributed by atoms with Gasteiger partial charge in [0.25, 0.3) is 0 Å². The largest absolute Gasteiger partial charge is 0.426 e. The molecular weight excluding hydrogens is 502 g/mol. The molecule has 0 spiro atoms. The first-order valence-corrected chi connectivity index (χ1v) is 12.5. The van der Waals surface area contributed by atoms with Gasteiger partial charge in [-0.15, -0.1) is 0 Å². The van der Waals surface area contributed by atoms with Crippen molar-refractivity contribution in [3.8, 4) is 6.07 Å². The molecule has 38 heavy (non-hydrogen) atoms. The van der Waals surface area contributed by atoms with Gasteiger partial charge in [-0.2, -0.15) is 18.4 Å². The molecule has 0 amide bonds. The lowest BCUT2D eigenvalue weighted by Gasteiger charge is -2.44. The molecule has 1 aliphatic heterocycles. The molecule has 2 nitrogen and oxygen atoms in total. The number of nitriles is 1. The summed E-state index contributed by atoms with van der Waals surface area (Å²) in [5.41, 5.74) is -1.20. The van der Waals surface area contributed by atoms with Crippen LogP contribution in [-0.4, -0.2) is 23.7 Å². The first kappa shape index (κ1) is 26.3. The minimum Gasteiger partial charge on any atom is -0.295 e. The topological polar surface area (TPSA) is 27.0 Å². The molecule has 8 heteroatoms. The van der Waals surface area contributed by atoms with Crippen LogP contribution in [0, 0.1) is 23.0 Å². The summed E-state index contributed by atoms with van der Waals surface area (Å²) in [6.07, 6.45) is -2.71. The Morgan fingerprint density at radius 3 is 2.34 bits per heavy atom. The second kappa shape index (κ2) is 9.46. The highest BCUT2D eigenvalue weighted by Crippen LogP contribution is 2.51. The van der Waals surface area contributed by atoms with Gasteiger partial charge in [-0.1, -0.05) is 36.4 Å². The quantitative estimate of drug-likeness (QED) is 0.326. The maximum absolute atomic E-state index is 14.8. The monoisotopic (exact) mass is 528 g/mol. The number of benzene rings is 3. The molecule has 0 radical (unpaired) electrons. The molecule has 1 heterocycles. The fourth-order valence-corrected chi connectivity index (χ4v) is 6.26. The van der Waals surface area contributed by atoms with E-state index in [2.05, 4.69) is 4.90 Å². The van der Waals surface area contributed by atoms with Crippen LogP contribution in [0.1, 0.15) is 53.1 Å². The first-order chi connectivity index (χ1) is 17.9. The van der Waals surface area contributed by atoms with Crippen LogP contribution in [0.15, 0.2) is 60.7 Å². The zero-order valence-corrected chi connectivity index (χ0v) is 20.8. The van der Waals surface area contributed by atoms with Gasteiger partial charge in [0.2, 0.25) is 5.67 Å². The Kier molecular flexibility index (Phi) is 6.55. The van der Waals surface area contributed by atoms with E-state index in [0.29, 0.717) is 51.3 Å². The Bertz CT molecular complexity index is 1390. The van der Waals surface area contributed by atoms with Gasteiger partial charge in [0.05, 0.1) is 5.56 Å². The SMILES string of the molecule is CC(F)(c1ccc2c(c1)CC[C@H]1N(Cc3ccc(C#N)c(F)c3)CC[C@@]21Cc1ccc(F)cc1)C(F)(F)F. The molecule has 1 saturated heterocycles. The van der Waals surface area contributed by atoms with Crippen LogP contribution in [0.3, 0.4) is 0 Å². The summed E-state index contributed by atoms with van der Waals surface area (Å²) in [6.45, 7) is 1.66. The smallest absolute Gasteiger partial charge is 0.295 e. The van der Waals surface area contributed by atoms with Crippen molar-refractivity contribution in [2.75, 3.05) is 6.54 Å². The highest BCUT2D eigenvalue weighted by molar-refractivity contribution is 5.46. The summed E-state index contributed by atoms with van der Waals surface area (Å²) >= 11 is 0. The number of halogens is 6. The molecule has 0 saturated carbocycles. The van der Waals surface area contributed by atoms with E-state index in [0.717, 1.165) is 16.7 Å². The lowest BCUT2D eigenvalue weighted by atomic mass is 9.63. The summed E-state index contributed by atoms with van der Waals surface area (Å²) in [4.78, 5) is 2.25. The van der Waals surface area contributed by atoms with Gasteiger partial charge in [0.15, 0.2) is 0 Å². The van der Waals surface area contributed by atoms with Crippen molar-refractivity contribution in [1.29, 1.82) is 5.26 Å². The zero-order valence-electron chi connectivity index (χ0n) is 20.8. The summed E-state index contributed by atoms with van der Waals surface area (Å²) in [7, 11) is 0. The van der Waals surface area contributed by atoms with Crippen molar-refractivity contribution in [2.24, 2.45) is 0 Å². The molecule has 3 aromatic rings. The molecule has 0 bridgehead atoms. The number of aryl methyl sites for hydroxylation is 1. The molecule has 198 valence electrons. The Balaban J connectivity index is 1.54. The van der Waals surface area contributed by atoms with Crippen molar-refractivity contribution in [3.05, 3.63) is 106 Å². The standard InChI is InChI=1S/C30H26F6N2/c1-28(33,30(34,35)36)23-7-10-25-21(15-23)6-11-27-29(25,16-19-3-8-24(31)9-4-19)12-13-38(27)18-20-2-5-22(17-37)26(32)14-20/h2-5,7-10,14-15,27H,6,11-13,16,18H2,1H3/t27-,28?,29-/m1/s1. The number of nitrogens with zero attached hydrogens (tertiary/aromatic N) is 2. The predicted octanol–water partition coefficient (Wildman–Crippen LogP) is 7.28. The summed E-state index contributed by atoms with van der Waals surface area (Å²) in [5, 5.41) is 9.04. The van der Waals surface area contributed by atoms with Crippen LogP contribution in [-0.2, 0) is 30.5 Å². The molecule has 5 rings (SSSR count). The van der Waals surface area contributed by atoms with Crippen molar-refractivity contribution in [3.63, 3.8) is 0 Å². The number of rotatable bonds is 5. The number of hydrogen-bond donors (Lipinski definition) is 0. The van der Waals surface area contributed by atoms with Crippen molar-refractivity contribution in [2.45, 2.75) is 62.5 Å². The maximum atomic E-state index is 14.8. The number of likely N-dealkylation sites (tertiary alicyclic amines) is 1. The second-order valence-corrected chi connectivity index (χ2v) is 10.5. The van der Waals surface area contributed by atoms with Crippen LogP contribution >= 0.6 is 0 Å². The van der Waals surface area contributed by atoms with Gasteiger partial charge in [0.1, 0.15) is 17.7 Å². The highest BCUT2D eigenvalue weighted by atomic mass is 19.4. The minimum atomic E-state index is -5.04. The van der Waals surface area contributed by atoms with Crippen LogP contribution in [0.2, 0.25) is 0 Å². The molecule has 1 unspecified atom stereocenters. The molecule has 0 N–H and O–H groups in total. The van der Waals surface area contributed by atoms with E-state index in [1.807, 2.05) is 6.07 Å². The van der Waals surface area contributed by atoms with Crippen LogP contribution in [0.5, 0.6) is 0 Å². The Morgan fingerprint density at radius 2 is 1.68 bits per heavy atom. The Hall–Kier alpha value is -3.31. The third-order valence-corrected chi connectivity index (χ3v) is 8.30. The van der Waals surface area contributed by atoms with Crippen LogP contribution < -0.4 is 0 Å². The zero-order chi connectivity index (χ0) is 27.3. The van der Waals surface area contributed by atoms with Gasteiger partial charge in [-0.3, -0.25) is 4.90 Å². The van der Waals surface area contributed by atoms with Gasteiger partial charge in [0, 0.05) is 18.0 Å². The van der Waals surface area contributed by atoms with Crippen molar-refractivity contribution >= 4 is 0 Å². The Morgan fingerprint density at radius 1 is 0.974 bits per heavy atom. The van der Waals surface area contributed by atoms with Gasteiger partial charge >= 0.3 is 6.18 Å². The predicted molar refractivity (Wildman–Crippen MR) is 131 cm³/mol. The van der Waals surface area contributed by atoms with Crippen molar-refractivity contribution < 1.29 is 26.3 Å². The molecule has 1 fully saturated rings. The number of hydrogen-bond acceptors (Lipinski definition) is 2. The number of fused-ring (bicyclic) bond motifs is 3. The van der Waals surface area contributed by atoms with E-state index in [1.165, 1.54) is 36.4 Å². The number of alkyl halides is 4. The first-order valence-electron chi connectivity index (χ1n) is 12.5. The minimum absolute atomic E-state index is 0.0102. The average Bonchev–Trinajstić information content (AvgIpc) is 3.22. The van der Waals surface area contributed by atoms with E-state index >= 15 is 0 Å². The average molecular weight is 529 g/mol. The summed E-state index contributed by atoms with van der Waals surface area (Å²) in [6, 6.07) is 16.8. The molecule has 3 atom stereocenters. The van der Waals surface area contributed by atoms with E-state index in [9.17, 15) is 26.3 Å². The van der Waals surface area contributed by atoms with Gasteiger partial charge in [-0.25, -0.2) is 13.2 Å². The van der Waals surface area contributed by atoms with Crippen molar-refractivity contribution in [1.82, 2.24) is 4.90 Å². The lowest BCUT2D eigenvalue weighted by molar-refractivity contribution is -0.228. The van der Waals surface area contributed by atoms with E-state index in [-0.39, 0.29) is 17.4 Å². The second-order valence-electron chi connectivity index (χ2n) is 10.5. The third kappa shape index (κ3) is 4.47. The van der Waals surface area contributed by atoms with E-state index < -0.39 is 28.6 Å². The molecular formula is C30H26F6N2. The van der Waals surface area contributed by atoms with Crippen LogP contribution in [0.4, 0.5) is 26.3 Å². The highest BCUT2D eigenvalue weighted by Gasteiger charge is 2.55. The van der Waals surface area contributed by atoms with E-state index in [4.69, 9.17) is 5.26 Å². The van der Waals surface area contributed by atoms with Crippen LogP contribution in [0.25, 0.3) is 0 Å². The molecule has 3 aromatic carbocycles. The third-order valence-electron chi connectivity index (χ3n) is 8.30. The molecule has 2 aliphatic rings. The fraction of sp³-hybridized carbons (Fsp3) is 0.367. The van der Waals surface area contributed by atoms with Gasteiger partial charge in [-0.05, 0) is 91.2 Å². The lowest BCUT2D eigenvalue weighted by Crippen LogP contribution is -2.47. The normalized spacial score (nSPS) is 22.8. The molecule has 0 aromatic heterocycles. The molecule has 1 aliphatic carbocycles.